The zero-order chi connectivity index (χ0) is 21.1. The SMILES string of the molecule is CC(=O)NCC(=O)N1CCc2nc(N3CCCC3)nc(Oc3ccc(F)cc3)c2C1. The number of fused-ring (bicyclic) bond motifs is 1. The molecule has 1 aromatic heterocycles. The second-order valence-corrected chi connectivity index (χ2v) is 7.48. The topological polar surface area (TPSA) is 87.7 Å². The average Bonchev–Trinajstić information content (AvgIpc) is 3.28. The van der Waals surface area contributed by atoms with E-state index in [1.54, 1.807) is 17.0 Å². The van der Waals surface area contributed by atoms with Gasteiger partial charge >= 0.3 is 0 Å². The second-order valence-electron chi connectivity index (χ2n) is 7.48. The first-order chi connectivity index (χ1) is 14.5. The summed E-state index contributed by atoms with van der Waals surface area (Å²) < 4.78 is 19.3. The smallest absolute Gasteiger partial charge is 0.242 e. The van der Waals surface area contributed by atoms with E-state index in [4.69, 9.17) is 9.72 Å². The Balaban J connectivity index is 1.62. The van der Waals surface area contributed by atoms with Crippen LogP contribution in [0.2, 0.25) is 0 Å². The largest absolute Gasteiger partial charge is 0.438 e. The number of ether oxygens (including phenoxy) is 1. The van der Waals surface area contributed by atoms with E-state index in [0.29, 0.717) is 37.1 Å². The van der Waals surface area contributed by atoms with Gasteiger partial charge in [0.1, 0.15) is 11.6 Å². The summed E-state index contributed by atoms with van der Waals surface area (Å²) in [5.74, 6) is 0.699. The van der Waals surface area contributed by atoms with Gasteiger partial charge in [-0.25, -0.2) is 9.37 Å². The summed E-state index contributed by atoms with van der Waals surface area (Å²) in [6.45, 7) is 3.93. The lowest BCUT2D eigenvalue weighted by Gasteiger charge is -2.30. The number of benzene rings is 1. The molecule has 0 atom stereocenters. The molecule has 0 aliphatic carbocycles. The minimum Gasteiger partial charge on any atom is -0.438 e. The van der Waals surface area contributed by atoms with Crippen molar-refractivity contribution in [3.05, 3.63) is 41.3 Å². The van der Waals surface area contributed by atoms with Crippen LogP contribution in [-0.4, -0.2) is 52.9 Å². The fourth-order valence-corrected chi connectivity index (χ4v) is 3.65. The fourth-order valence-electron chi connectivity index (χ4n) is 3.65. The van der Waals surface area contributed by atoms with E-state index in [0.717, 1.165) is 37.2 Å². The fraction of sp³-hybridized carbons (Fsp3) is 0.429. The Labute approximate surface area is 174 Å². The first-order valence-corrected chi connectivity index (χ1v) is 10.1. The summed E-state index contributed by atoms with van der Waals surface area (Å²) in [5.41, 5.74) is 1.59. The molecule has 0 spiro atoms. The summed E-state index contributed by atoms with van der Waals surface area (Å²) in [6.07, 6.45) is 2.77. The van der Waals surface area contributed by atoms with Gasteiger partial charge in [-0.3, -0.25) is 9.59 Å². The van der Waals surface area contributed by atoms with Gasteiger partial charge < -0.3 is 19.9 Å². The molecule has 2 aliphatic heterocycles. The quantitative estimate of drug-likeness (QED) is 0.807. The number of aromatic nitrogens is 2. The highest BCUT2D eigenvalue weighted by Gasteiger charge is 2.28. The van der Waals surface area contributed by atoms with Crippen molar-refractivity contribution in [1.82, 2.24) is 20.2 Å². The number of nitrogens with one attached hydrogen (secondary N) is 1. The molecule has 1 aromatic carbocycles. The van der Waals surface area contributed by atoms with E-state index >= 15 is 0 Å². The number of carbonyl (C=O) groups is 2. The maximum absolute atomic E-state index is 13.3. The average molecular weight is 413 g/mol. The van der Waals surface area contributed by atoms with Crippen LogP contribution in [0.1, 0.15) is 31.0 Å². The van der Waals surface area contributed by atoms with Crippen LogP contribution in [0.25, 0.3) is 0 Å². The maximum Gasteiger partial charge on any atom is 0.242 e. The number of amides is 2. The molecule has 0 saturated carbocycles. The predicted octanol–water partition coefficient (Wildman–Crippen LogP) is 2.03. The number of nitrogens with zero attached hydrogens (tertiary/aromatic N) is 4. The minimum atomic E-state index is -0.348. The number of hydrogen-bond acceptors (Lipinski definition) is 6. The number of hydrogen-bond donors (Lipinski definition) is 1. The summed E-state index contributed by atoms with van der Waals surface area (Å²) in [6, 6.07) is 5.74. The van der Waals surface area contributed by atoms with E-state index in [9.17, 15) is 14.0 Å². The van der Waals surface area contributed by atoms with Gasteiger partial charge in [0.25, 0.3) is 0 Å². The standard InChI is InChI=1S/C21H24FN5O3/c1-14(28)23-12-19(29)27-11-8-18-17(13-27)20(30-16-6-4-15(22)5-7-16)25-21(24-18)26-9-2-3-10-26/h4-7H,2-3,8-13H2,1H3,(H,23,28). The molecular formula is C21H24FN5O3. The third kappa shape index (κ3) is 4.50. The molecule has 158 valence electrons. The molecule has 8 nitrogen and oxygen atoms in total. The Hall–Kier alpha value is -3.23. The Morgan fingerprint density at radius 3 is 2.57 bits per heavy atom. The lowest BCUT2D eigenvalue weighted by Crippen LogP contribution is -2.42. The summed E-state index contributed by atoms with van der Waals surface area (Å²) >= 11 is 0. The molecule has 0 radical (unpaired) electrons. The zero-order valence-corrected chi connectivity index (χ0v) is 16.9. The lowest BCUT2D eigenvalue weighted by atomic mass is 10.1. The third-order valence-electron chi connectivity index (χ3n) is 5.27. The molecule has 0 bridgehead atoms. The Morgan fingerprint density at radius 1 is 1.13 bits per heavy atom. The third-order valence-corrected chi connectivity index (χ3v) is 5.27. The van der Waals surface area contributed by atoms with E-state index in [-0.39, 0.29) is 24.2 Å². The van der Waals surface area contributed by atoms with Gasteiger partial charge in [-0.15, -0.1) is 0 Å². The van der Waals surface area contributed by atoms with Crippen LogP contribution in [0.4, 0.5) is 10.3 Å². The van der Waals surface area contributed by atoms with E-state index in [1.165, 1.54) is 19.1 Å². The van der Waals surface area contributed by atoms with Crippen molar-refractivity contribution in [2.75, 3.05) is 31.1 Å². The molecule has 30 heavy (non-hydrogen) atoms. The zero-order valence-electron chi connectivity index (χ0n) is 16.9. The Morgan fingerprint density at radius 2 is 1.87 bits per heavy atom. The van der Waals surface area contributed by atoms with Crippen molar-refractivity contribution >= 4 is 17.8 Å². The van der Waals surface area contributed by atoms with E-state index < -0.39 is 0 Å². The van der Waals surface area contributed by atoms with Gasteiger partial charge in [-0.1, -0.05) is 0 Å². The molecule has 2 amide bonds. The first-order valence-electron chi connectivity index (χ1n) is 10.1. The normalized spacial score (nSPS) is 15.7. The van der Waals surface area contributed by atoms with Gasteiger partial charge in [0, 0.05) is 33.0 Å². The van der Waals surface area contributed by atoms with Crippen LogP contribution in [0.15, 0.2) is 24.3 Å². The van der Waals surface area contributed by atoms with Crippen LogP contribution >= 0.6 is 0 Å². The molecule has 3 heterocycles. The van der Waals surface area contributed by atoms with Gasteiger partial charge in [0.05, 0.1) is 24.3 Å². The predicted molar refractivity (Wildman–Crippen MR) is 108 cm³/mol. The summed E-state index contributed by atoms with van der Waals surface area (Å²) in [5, 5.41) is 2.54. The maximum atomic E-state index is 13.3. The summed E-state index contributed by atoms with van der Waals surface area (Å²) in [4.78, 5) is 36.8. The monoisotopic (exact) mass is 413 g/mol. The Bertz CT molecular complexity index is 944. The van der Waals surface area contributed by atoms with Crippen molar-refractivity contribution in [3.63, 3.8) is 0 Å². The van der Waals surface area contributed by atoms with Crippen molar-refractivity contribution < 1.29 is 18.7 Å². The number of rotatable bonds is 5. The molecule has 0 unspecified atom stereocenters. The number of halogens is 1. The molecule has 2 aromatic rings. The molecule has 1 saturated heterocycles. The van der Waals surface area contributed by atoms with Gasteiger partial charge in [-0.05, 0) is 37.1 Å². The molecular weight excluding hydrogens is 389 g/mol. The highest BCUT2D eigenvalue weighted by atomic mass is 19.1. The van der Waals surface area contributed by atoms with Crippen molar-refractivity contribution in [1.29, 1.82) is 0 Å². The molecule has 2 aliphatic rings. The van der Waals surface area contributed by atoms with Crippen molar-refractivity contribution in [2.24, 2.45) is 0 Å². The van der Waals surface area contributed by atoms with Crippen LogP contribution in [0, 0.1) is 5.82 Å². The van der Waals surface area contributed by atoms with Crippen LogP contribution in [0.5, 0.6) is 11.6 Å². The van der Waals surface area contributed by atoms with Gasteiger partial charge in [0.15, 0.2) is 0 Å². The lowest BCUT2D eigenvalue weighted by molar-refractivity contribution is -0.133. The number of anilines is 1. The molecule has 4 rings (SSSR count). The van der Waals surface area contributed by atoms with Crippen molar-refractivity contribution in [3.8, 4) is 11.6 Å². The van der Waals surface area contributed by atoms with Crippen LogP contribution in [-0.2, 0) is 22.6 Å². The van der Waals surface area contributed by atoms with Crippen LogP contribution in [0.3, 0.4) is 0 Å². The highest BCUT2D eigenvalue weighted by Crippen LogP contribution is 2.32. The number of carbonyl (C=O) groups excluding carboxylic acids is 2. The first kappa shape index (κ1) is 20.1. The molecule has 1 N–H and O–H groups in total. The minimum absolute atomic E-state index is 0.0501. The molecule has 1 fully saturated rings. The Kier molecular flexibility index (Phi) is 5.78. The van der Waals surface area contributed by atoms with Crippen LogP contribution < -0.4 is 15.0 Å². The highest BCUT2D eigenvalue weighted by molar-refractivity contribution is 5.83. The second kappa shape index (κ2) is 8.64. The van der Waals surface area contributed by atoms with E-state index in [1.807, 2.05) is 0 Å². The van der Waals surface area contributed by atoms with E-state index in [2.05, 4.69) is 15.2 Å². The van der Waals surface area contributed by atoms with Crippen molar-refractivity contribution in [2.45, 2.75) is 32.7 Å². The van der Waals surface area contributed by atoms with Gasteiger partial charge in [-0.2, -0.15) is 4.98 Å². The summed E-state index contributed by atoms with van der Waals surface area (Å²) in [7, 11) is 0. The molecule has 9 heteroatoms. The van der Waals surface area contributed by atoms with Gasteiger partial charge in [0.2, 0.25) is 23.6 Å².